The molecular formula is C12H14N2O2. The second kappa shape index (κ2) is 5.29. The van der Waals surface area contributed by atoms with Crippen LogP contribution in [-0.2, 0) is 0 Å². The van der Waals surface area contributed by atoms with Gasteiger partial charge in [0.05, 0.1) is 11.5 Å². The molecule has 0 saturated heterocycles. The molecule has 1 aromatic rings. The molecule has 1 N–H and O–H groups in total. The van der Waals surface area contributed by atoms with Crippen molar-refractivity contribution in [3.05, 3.63) is 38.9 Å². The average Bonchev–Trinajstić information content (AvgIpc) is 2.20. The van der Waals surface area contributed by atoms with E-state index in [1.165, 1.54) is 0 Å². The molecule has 1 rings (SSSR count). The van der Waals surface area contributed by atoms with Gasteiger partial charge in [-0.2, -0.15) is 0 Å². The van der Waals surface area contributed by atoms with Crippen LogP contribution >= 0.6 is 0 Å². The average molecular weight is 218 g/mol. The maximum atomic E-state index is 10.9. The highest BCUT2D eigenvalue weighted by atomic mass is 16.6. The number of nitrogens with one attached hydrogen (secondary N) is 1. The van der Waals surface area contributed by atoms with Gasteiger partial charge in [0, 0.05) is 6.07 Å². The Bertz CT molecular complexity index is 470. The number of aryl methyl sites for hydroxylation is 2. The highest BCUT2D eigenvalue weighted by Crippen LogP contribution is 2.22. The van der Waals surface area contributed by atoms with Crippen molar-refractivity contribution in [3.8, 4) is 11.8 Å². The molecule has 0 saturated carbocycles. The largest absolute Gasteiger partial charge is 0.309 e. The lowest BCUT2D eigenvalue weighted by Gasteiger charge is -2.02. The second-order valence-corrected chi connectivity index (χ2v) is 3.57. The topological polar surface area (TPSA) is 55.2 Å². The standard InChI is InChI=1S/C12H14N2O2/c1-9-7-10(2)11(5-4-6-13-3)12(8-9)14(15)16/h7-8,13H,6H2,1-3H3. The first kappa shape index (κ1) is 12.2. The first-order valence-corrected chi connectivity index (χ1v) is 4.95. The van der Waals surface area contributed by atoms with Gasteiger partial charge < -0.3 is 5.32 Å². The van der Waals surface area contributed by atoms with Gasteiger partial charge in [-0.3, -0.25) is 10.1 Å². The van der Waals surface area contributed by atoms with Crippen molar-refractivity contribution >= 4 is 5.69 Å². The van der Waals surface area contributed by atoms with E-state index in [1.807, 2.05) is 19.9 Å². The summed E-state index contributed by atoms with van der Waals surface area (Å²) in [6, 6.07) is 3.45. The Morgan fingerprint density at radius 1 is 1.44 bits per heavy atom. The van der Waals surface area contributed by atoms with Gasteiger partial charge in [0.2, 0.25) is 0 Å². The number of nitro benzene ring substituents is 1. The third-order valence-electron chi connectivity index (χ3n) is 2.13. The molecular weight excluding hydrogens is 204 g/mol. The van der Waals surface area contributed by atoms with E-state index in [1.54, 1.807) is 13.1 Å². The van der Waals surface area contributed by atoms with Crippen molar-refractivity contribution in [2.45, 2.75) is 13.8 Å². The molecule has 0 radical (unpaired) electrons. The molecule has 0 unspecified atom stereocenters. The van der Waals surface area contributed by atoms with E-state index >= 15 is 0 Å². The molecule has 1 aromatic carbocycles. The van der Waals surface area contributed by atoms with Crippen LogP contribution < -0.4 is 5.32 Å². The van der Waals surface area contributed by atoms with Crippen LogP contribution in [0, 0.1) is 35.8 Å². The van der Waals surface area contributed by atoms with Crippen LogP contribution in [0.15, 0.2) is 12.1 Å². The summed E-state index contributed by atoms with van der Waals surface area (Å²) in [6.07, 6.45) is 0. The fourth-order valence-electron chi connectivity index (χ4n) is 1.47. The maximum absolute atomic E-state index is 10.9. The zero-order valence-corrected chi connectivity index (χ0v) is 9.63. The molecule has 0 aliphatic rings. The Labute approximate surface area is 94.8 Å². The fraction of sp³-hybridized carbons (Fsp3) is 0.333. The smallest absolute Gasteiger partial charge is 0.285 e. The lowest BCUT2D eigenvalue weighted by Crippen LogP contribution is -2.04. The minimum absolute atomic E-state index is 0.0844. The summed E-state index contributed by atoms with van der Waals surface area (Å²) in [6.45, 7) is 4.19. The van der Waals surface area contributed by atoms with E-state index in [0.29, 0.717) is 12.1 Å². The van der Waals surface area contributed by atoms with Crippen LogP contribution in [0.4, 0.5) is 5.69 Å². The van der Waals surface area contributed by atoms with Crippen LogP contribution in [0.3, 0.4) is 0 Å². The zero-order valence-electron chi connectivity index (χ0n) is 9.63. The van der Waals surface area contributed by atoms with Gasteiger partial charge in [-0.1, -0.05) is 17.9 Å². The predicted octanol–water partition coefficient (Wildman–Crippen LogP) is 1.78. The lowest BCUT2D eigenvalue weighted by atomic mass is 10.0. The minimum Gasteiger partial charge on any atom is -0.309 e. The third kappa shape index (κ3) is 2.81. The Hall–Kier alpha value is -1.86. The summed E-state index contributed by atoms with van der Waals surface area (Å²) < 4.78 is 0. The SMILES string of the molecule is CNCC#Cc1c(C)cc(C)cc1[N+](=O)[O-]. The lowest BCUT2D eigenvalue weighted by molar-refractivity contribution is -0.385. The molecule has 4 heteroatoms. The van der Waals surface area contributed by atoms with Crippen molar-refractivity contribution in [1.29, 1.82) is 0 Å². The summed E-state index contributed by atoms with van der Waals surface area (Å²) >= 11 is 0. The highest BCUT2D eigenvalue weighted by Gasteiger charge is 2.14. The van der Waals surface area contributed by atoms with Gasteiger partial charge in [-0.15, -0.1) is 0 Å². The molecule has 0 atom stereocenters. The van der Waals surface area contributed by atoms with Gasteiger partial charge in [0.25, 0.3) is 5.69 Å². The van der Waals surface area contributed by atoms with E-state index in [9.17, 15) is 10.1 Å². The summed E-state index contributed by atoms with van der Waals surface area (Å²) in [5.41, 5.74) is 2.31. The first-order chi connectivity index (χ1) is 7.56. The molecule has 0 aromatic heterocycles. The van der Waals surface area contributed by atoms with Crippen molar-refractivity contribution in [2.24, 2.45) is 0 Å². The molecule has 0 amide bonds. The number of hydrogen-bond donors (Lipinski definition) is 1. The van der Waals surface area contributed by atoms with E-state index in [2.05, 4.69) is 17.2 Å². The van der Waals surface area contributed by atoms with E-state index in [-0.39, 0.29) is 10.6 Å². The van der Waals surface area contributed by atoms with Crippen LogP contribution in [0.25, 0.3) is 0 Å². The Balaban J connectivity index is 3.26. The first-order valence-electron chi connectivity index (χ1n) is 4.95. The van der Waals surface area contributed by atoms with Gasteiger partial charge in [0.1, 0.15) is 5.56 Å². The molecule has 0 aliphatic carbocycles. The number of nitrogens with zero attached hydrogens (tertiary/aromatic N) is 1. The second-order valence-electron chi connectivity index (χ2n) is 3.57. The Morgan fingerprint density at radius 3 is 2.69 bits per heavy atom. The molecule has 16 heavy (non-hydrogen) atoms. The number of hydrogen-bond acceptors (Lipinski definition) is 3. The van der Waals surface area contributed by atoms with E-state index in [4.69, 9.17) is 0 Å². The Kier molecular flexibility index (Phi) is 4.03. The molecule has 4 nitrogen and oxygen atoms in total. The number of rotatable bonds is 2. The molecule has 0 aliphatic heterocycles. The number of nitro groups is 1. The minimum atomic E-state index is -0.386. The summed E-state index contributed by atoms with van der Waals surface area (Å²) in [7, 11) is 1.78. The van der Waals surface area contributed by atoms with Crippen molar-refractivity contribution in [3.63, 3.8) is 0 Å². The maximum Gasteiger partial charge on any atom is 0.285 e. The molecule has 0 spiro atoms. The van der Waals surface area contributed by atoms with Gasteiger partial charge in [-0.05, 0) is 32.0 Å². The van der Waals surface area contributed by atoms with Crippen LogP contribution in [-0.4, -0.2) is 18.5 Å². The summed E-state index contributed by atoms with van der Waals surface area (Å²) in [5.74, 6) is 5.68. The Morgan fingerprint density at radius 2 is 2.12 bits per heavy atom. The monoisotopic (exact) mass is 218 g/mol. The van der Waals surface area contributed by atoms with E-state index in [0.717, 1.165) is 11.1 Å². The molecule has 0 heterocycles. The predicted molar refractivity (Wildman–Crippen MR) is 63.4 cm³/mol. The zero-order chi connectivity index (χ0) is 12.1. The highest BCUT2D eigenvalue weighted by molar-refractivity contribution is 5.57. The molecule has 0 bridgehead atoms. The summed E-state index contributed by atoms with van der Waals surface area (Å²) in [5, 5.41) is 13.8. The van der Waals surface area contributed by atoms with Gasteiger partial charge in [-0.25, -0.2) is 0 Å². The van der Waals surface area contributed by atoms with E-state index < -0.39 is 0 Å². The van der Waals surface area contributed by atoms with Crippen LogP contribution in [0.2, 0.25) is 0 Å². The summed E-state index contributed by atoms with van der Waals surface area (Å²) in [4.78, 5) is 10.5. The van der Waals surface area contributed by atoms with Crippen molar-refractivity contribution < 1.29 is 4.92 Å². The van der Waals surface area contributed by atoms with Crippen molar-refractivity contribution in [1.82, 2.24) is 5.32 Å². The molecule has 0 fully saturated rings. The van der Waals surface area contributed by atoms with Crippen LogP contribution in [0.1, 0.15) is 16.7 Å². The third-order valence-corrected chi connectivity index (χ3v) is 2.13. The normalized spacial score (nSPS) is 9.44. The van der Waals surface area contributed by atoms with Gasteiger partial charge >= 0.3 is 0 Å². The fourth-order valence-corrected chi connectivity index (χ4v) is 1.47. The van der Waals surface area contributed by atoms with Crippen molar-refractivity contribution in [2.75, 3.05) is 13.6 Å². The number of benzene rings is 1. The quantitative estimate of drug-likeness (QED) is 0.467. The van der Waals surface area contributed by atoms with Gasteiger partial charge in [0.15, 0.2) is 0 Å². The van der Waals surface area contributed by atoms with Crippen LogP contribution in [0.5, 0.6) is 0 Å². The molecule has 84 valence electrons.